The number of hydrogen-bond donors (Lipinski definition) is 0. The first kappa shape index (κ1) is 13.8. The van der Waals surface area contributed by atoms with Crippen molar-refractivity contribution in [3.8, 4) is 11.8 Å². The first-order valence-corrected chi connectivity index (χ1v) is 6.04. The Hall–Kier alpha value is -1.24. The number of nitriles is 1. The lowest BCUT2D eigenvalue weighted by Gasteiger charge is -2.16. The molecule has 92 valence electrons. The average Bonchev–Trinajstić information content (AvgIpc) is 2.32. The fourth-order valence-corrected chi connectivity index (χ4v) is 1.52. The minimum absolute atomic E-state index is 0.613. The number of hydrogen-bond acceptors (Lipinski definition) is 3. The molecule has 0 aromatic heterocycles. The van der Waals surface area contributed by atoms with E-state index in [1.807, 2.05) is 31.3 Å². The van der Waals surface area contributed by atoms with Crippen molar-refractivity contribution in [2.75, 3.05) is 26.7 Å². The van der Waals surface area contributed by atoms with E-state index in [1.165, 1.54) is 0 Å². The third kappa shape index (κ3) is 6.15. The normalized spacial score (nSPS) is 10.2. The van der Waals surface area contributed by atoms with Gasteiger partial charge in [0.1, 0.15) is 12.4 Å². The monoisotopic (exact) mass is 252 g/mol. The molecular formula is C13H17ClN2O. The highest BCUT2D eigenvalue weighted by atomic mass is 35.5. The van der Waals surface area contributed by atoms with E-state index in [2.05, 4.69) is 11.0 Å². The lowest BCUT2D eigenvalue weighted by atomic mass is 10.3. The number of nitrogens with zero attached hydrogens (tertiary/aromatic N) is 2. The van der Waals surface area contributed by atoms with Crippen LogP contribution in [-0.2, 0) is 0 Å². The molecule has 0 saturated carbocycles. The third-order valence-electron chi connectivity index (χ3n) is 2.38. The molecule has 0 radical (unpaired) electrons. The molecule has 0 saturated heterocycles. The number of rotatable bonds is 7. The fourth-order valence-electron chi connectivity index (χ4n) is 1.39. The molecule has 0 bridgehead atoms. The summed E-state index contributed by atoms with van der Waals surface area (Å²) >= 11 is 5.78. The van der Waals surface area contributed by atoms with Gasteiger partial charge in [-0.05, 0) is 44.3 Å². The molecule has 1 rings (SSSR count). The van der Waals surface area contributed by atoms with Gasteiger partial charge in [-0.15, -0.1) is 0 Å². The molecular weight excluding hydrogens is 236 g/mol. The van der Waals surface area contributed by atoms with Gasteiger partial charge in [-0.3, -0.25) is 0 Å². The Bertz CT molecular complexity index is 359. The molecule has 1 aromatic carbocycles. The summed E-state index contributed by atoms with van der Waals surface area (Å²) in [5, 5.41) is 9.14. The molecule has 4 heteroatoms. The zero-order valence-corrected chi connectivity index (χ0v) is 10.8. The maximum atomic E-state index is 8.42. The first-order valence-electron chi connectivity index (χ1n) is 5.66. The largest absolute Gasteiger partial charge is 0.492 e. The van der Waals surface area contributed by atoms with Gasteiger partial charge in [0.15, 0.2) is 0 Å². The van der Waals surface area contributed by atoms with Gasteiger partial charge in [-0.25, -0.2) is 0 Å². The molecule has 3 nitrogen and oxygen atoms in total. The van der Waals surface area contributed by atoms with Crippen molar-refractivity contribution < 1.29 is 4.74 Å². The van der Waals surface area contributed by atoms with E-state index in [0.29, 0.717) is 18.1 Å². The van der Waals surface area contributed by atoms with Crippen LogP contribution in [0.4, 0.5) is 0 Å². The van der Waals surface area contributed by atoms with Crippen LogP contribution >= 0.6 is 11.6 Å². The van der Waals surface area contributed by atoms with E-state index in [-0.39, 0.29) is 0 Å². The summed E-state index contributed by atoms with van der Waals surface area (Å²) in [6.45, 7) is 2.43. The van der Waals surface area contributed by atoms with Crippen LogP contribution in [0.15, 0.2) is 24.3 Å². The summed E-state index contributed by atoms with van der Waals surface area (Å²) in [6, 6.07) is 9.48. The summed E-state index contributed by atoms with van der Waals surface area (Å²) in [7, 11) is 2.03. The van der Waals surface area contributed by atoms with Crippen LogP contribution < -0.4 is 4.74 Å². The van der Waals surface area contributed by atoms with Gasteiger partial charge in [0.25, 0.3) is 0 Å². The number of likely N-dealkylation sites (N-methyl/N-ethyl adjacent to an activating group) is 1. The molecule has 17 heavy (non-hydrogen) atoms. The van der Waals surface area contributed by atoms with Crippen LogP contribution in [0.1, 0.15) is 12.8 Å². The molecule has 0 N–H and O–H groups in total. The molecule has 1 aromatic rings. The number of halogens is 1. The van der Waals surface area contributed by atoms with Gasteiger partial charge >= 0.3 is 0 Å². The Morgan fingerprint density at radius 1 is 1.29 bits per heavy atom. The second-order valence-corrected chi connectivity index (χ2v) is 4.30. The second-order valence-electron chi connectivity index (χ2n) is 3.87. The smallest absolute Gasteiger partial charge is 0.119 e. The van der Waals surface area contributed by atoms with E-state index in [4.69, 9.17) is 21.6 Å². The second kappa shape index (κ2) is 7.94. The molecule has 0 spiro atoms. The highest BCUT2D eigenvalue weighted by molar-refractivity contribution is 6.30. The zero-order valence-electron chi connectivity index (χ0n) is 10.0. The quantitative estimate of drug-likeness (QED) is 0.700. The maximum absolute atomic E-state index is 8.42. The minimum atomic E-state index is 0.613. The number of benzene rings is 1. The number of unbranched alkanes of at least 4 members (excludes halogenated alkanes) is 1. The van der Waals surface area contributed by atoms with Gasteiger partial charge in [0.2, 0.25) is 0 Å². The first-order chi connectivity index (χ1) is 8.22. The van der Waals surface area contributed by atoms with Crippen molar-refractivity contribution in [3.05, 3.63) is 29.3 Å². The van der Waals surface area contributed by atoms with Gasteiger partial charge in [0, 0.05) is 18.0 Å². The Labute approximate surface area is 108 Å². The minimum Gasteiger partial charge on any atom is -0.492 e. The van der Waals surface area contributed by atoms with Gasteiger partial charge in [-0.1, -0.05) is 11.6 Å². The zero-order chi connectivity index (χ0) is 12.5. The van der Waals surface area contributed by atoms with Crippen LogP contribution in [0.5, 0.6) is 5.75 Å². The van der Waals surface area contributed by atoms with Crippen LogP contribution in [0, 0.1) is 11.3 Å². The molecule has 0 atom stereocenters. The lowest BCUT2D eigenvalue weighted by molar-refractivity contribution is 0.236. The maximum Gasteiger partial charge on any atom is 0.119 e. The molecule has 0 aliphatic heterocycles. The van der Waals surface area contributed by atoms with Crippen molar-refractivity contribution in [1.82, 2.24) is 4.90 Å². The number of ether oxygens (including phenoxy) is 1. The summed E-state index contributed by atoms with van der Waals surface area (Å²) < 4.78 is 5.57. The van der Waals surface area contributed by atoms with Crippen molar-refractivity contribution in [2.45, 2.75) is 12.8 Å². The summed E-state index contributed by atoms with van der Waals surface area (Å²) in [5.41, 5.74) is 0. The molecule has 0 aliphatic rings. The van der Waals surface area contributed by atoms with E-state index in [1.54, 1.807) is 0 Å². The SMILES string of the molecule is CN(CCCC#N)CCOc1ccc(Cl)cc1. The van der Waals surface area contributed by atoms with Crippen molar-refractivity contribution >= 4 is 11.6 Å². The summed E-state index contributed by atoms with van der Waals surface area (Å²) in [5.74, 6) is 0.833. The predicted molar refractivity (Wildman–Crippen MR) is 69.3 cm³/mol. The predicted octanol–water partition coefficient (Wildman–Crippen LogP) is 2.95. The van der Waals surface area contributed by atoms with E-state index < -0.39 is 0 Å². The molecule has 0 amide bonds. The standard InChI is InChI=1S/C13H17ClN2O/c1-16(9-3-2-8-15)10-11-17-13-6-4-12(14)5-7-13/h4-7H,2-3,9-11H2,1H3. The summed E-state index contributed by atoms with van der Waals surface area (Å²) in [6.07, 6.45) is 1.52. The Kier molecular flexibility index (Phi) is 6.46. The van der Waals surface area contributed by atoms with Crippen LogP contribution in [0.3, 0.4) is 0 Å². The Balaban J connectivity index is 2.15. The topological polar surface area (TPSA) is 36.3 Å². The summed E-state index contributed by atoms with van der Waals surface area (Å²) in [4.78, 5) is 2.16. The highest BCUT2D eigenvalue weighted by Crippen LogP contribution is 2.15. The molecule has 0 unspecified atom stereocenters. The van der Waals surface area contributed by atoms with E-state index in [0.717, 1.165) is 25.3 Å². The van der Waals surface area contributed by atoms with Crippen molar-refractivity contribution in [1.29, 1.82) is 5.26 Å². The lowest BCUT2D eigenvalue weighted by Crippen LogP contribution is -2.25. The Morgan fingerprint density at radius 2 is 2.00 bits per heavy atom. The highest BCUT2D eigenvalue weighted by Gasteiger charge is 1.99. The fraction of sp³-hybridized carbons (Fsp3) is 0.462. The van der Waals surface area contributed by atoms with Crippen LogP contribution in [0.25, 0.3) is 0 Å². The van der Waals surface area contributed by atoms with Gasteiger partial charge < -0.3 is 9.64 Å². The van der Waals surface area contributed by atoms with Crippen LogP contribution in [0.2, 0.25) is 5.02 Å². The molecule has 0 fully saturated rings. The van der Waals surface area contributed by atoms with Gasteiger partial charge in [-0.2, -0.15) is 5.26 Å². The van der Waals surface area contributed by atoms with Crippen molar-refractivity contribution in [2.24, 2.45) is 0 Å². The third-order valence-corrected chi connectivity index (χ3v) is 2.64. The average molecular weight is 253 g/mol. The molecule has 0 aliphatic carbocycles. The van der Waals surface area contributed by atoms with E-state index >= 15 is 0 Å². The van der Waals surface area contributed by atoms with Crippen LogP contribution in [-0.4, -0.2) is 31.6 Å². The Morgan fingerprint density at radius 3 is 2.65 bits per heavy atom. The van der Waals surface area contributed by atoms with Gasteiger partial charge in [0.05, 0.1) is 6.07 Å². The van der Waals surface area contributed by atoms with Crippen molar-refractivity contribution in [3.63, 3.8) is 0 Å². The van der Waals surface area contributed by atoms with E-state index in [9.17, 15) is 0 Å². The molecule has 0 heterocycles.